The lowest BCUT2D eigenvalue weighted by molar-refractivity contribution is -0.139. The summed E-state index contributed by atoms with van der Waals surface area (Å²) < 4.78 is 0.967. The molecule has 0 unspecified atom stereocenters. The van der Waals surface area contributed by atoms with E-state index in [1.807, 2.05) is 85.8 Å². The predicted molar refractivity (Wildman–Crippen MR) is 144 cm³/mol. The monoisotopic (exact) mass is 558 g/mol. The van der Waals surface area contributed by atoms with Gasteiger partial charge in [0.2, 0.25) is 11.8 Å². The molecule has 0 aliphatic heterocycles. The molecule has 2 amide bonds. The Balaban J connectivity index is 1.87. The normalized spacial score (nSPS) is 11.6. The van der Waals surface area contributed by atoms with Crippen molar-refractivity contribution in [1.29, 1.82) is 0 Å². The standard InChI is InChI=1S/C27H28BrClN2O2S/c1-2-16-30-27(33)25(17-20-6-4-3-5-7-20)31(18-21-8-10-22(28)11-9-21)26(32)19-34-24-14-12-23(29)13-15-24/h3-15,25H,2,16-19H2,1H3,(H,30,33)/t25-/m1/s1. The van der Waals surface area contributed by atoms with Gasteiger partial charge in [-0.05, 0) is 53.9 Å². The van der Waals surface area contributed by atoms with Crippen LogP contribution < -0.4 is 5.32 Å². The van der Waals surface area contributed by atoms with Crippen LogP contribution in [0.4, 0.5) is 0 Å². The topological polar surface area (TPSA) is 49.4 Å². The Morgan fingerprint density at radius 3 is 2.29 bits per heavy atom. The highest BCUT2D eigenvalue weighted by Crippen LogP contribution is 2.23. The van der Waals surface area contributed by atoms with E-state index in [-0.39, 0.29) is 17.6 Å². The van der Waals surface area contributed by atoms with Crippen molar-refractivity contribution >= 4 is 51.1 Å². The molecule has 0 bridgehead atoms. The molecule has 7 heteroatoms. The Bertz CT molecular complexity index is 1060. The zero-order valence-corrected chi connectivity index (χ0v) is 22.2. The van der Waals surface area contributed by atoms with E-state index >= 15 is 0 Å². The van der Waals surface area contributed by atoms with Gasteiger partial charge in [0.25, 0.3) is 0 Å². The molecular weight excluding hydrogens is 532 g/mol. The lowest BCUT2D eigenvalue weighted by atomic mass is 10.0. The summed E-state index contributed by atoms with van der Waals surface area (Å²) in [4.78, 5) is 29.5. The molecule has 1 atom stereocenters. The molecule has 0 heterocycles. The Morgan fingerprint density at radius 2 is 1.65 bits per heavy atom. The van der Waals surface area contributed by atoms with Crippen molar-refractivity contribution in [2.45, 2.75) is 37.2 Å². The largest absolute Gasteiger partial charge is 0.354 e. The molecule has 178 valence electrons. The SMILES string of the molecule is CCCNC(=O)[C@@H](Cc1ccccc1)N(Cc1ccc(Br)cc1)C(=O)CSc1ccc(Cl)cc1. The van der Waals surface area contributed by atoms with Crippen molar-refractivity contribution in [3.63, 3.8) is 0 Å². The fraction of sp³-hybridized carbons (Fsp3) is 0.259. The Labute approximate surface area is 219 Å². The molecule has 0 radical (unpaired) electrons. The second-order valence-electron chi connectivity index (χ2n) is 7.89. The Hall–Kier alpha value is -2.28. The first-order valence-corrected chi connectivity index (χ1v) is 13.4. The minimum Gasteiger partial charge on any atom is -0.354 e. The number of hydrogen-bond acceptors (Lipinski definition) is 3. The smallest absolute Gasteiger partial charge is 0.243 e. The van der Waals surface area contributed by atoms with Gasteiger partial charge in [-0.15, -0.1) is 11.8 Å². The summed E-state index contributed by atoms with van der Waals surface area (Å²) in [6.45, 7) is 2.94. The van der Waals surface area contributed by atoms with Crippen LogP contribution in [0, 0.1) is 0 Å². The van der Waals surface area contributed by atoms with Crippen molar-refractivity contribution in [2.24, 2.45) is 0 Å². The Morgan fingerprint density at radius 1 is 0.971 bits per heavy atom. The number of hydrogen-bond donors (Lipinski definition) is 1. The molecule has 0 saturated carbocycles. The first kappa shape index (κ1) is 26.3. The van der Waals surface area contributed by atoms with Crippen LogP contribution in [0.1, 0.15) is 24.5 Å². The van der Waals surface area contributed by atoms with Gasteiger partial charge < -0.3 is 10.2 Å². The van der Waals surface area contributed by atoms with E-state index in [2.05, 4.69) is 21.2 Å². The zero-order valence-electron chi connectivity index (χ0n) is 19.0. The molecule has 0 aliphatic carbocycles. The molecule has 0 aromatic heterocycles. The molecule has 0 aliphatic rings. The summed E-state index contributed by atoms with van der Waals surface area (Å²) in [7, 11) is 0. The van der Waals surface area contributed by atoms with Crippen molar-refractivity contribution in [3.05, 3.63) is 99.5 Å². The van der Waals surface area contributed by atoms with Crippen LogP contribution in [-0.4, -0.2) is 35.1 Å². The minimum atomic E-state index is -0.615. The van der Waals surface area contributed by atoms with Gasteiger partial charge in [-0.3, -0.25) is 9.59 Å². The average molecular weight is 560 g/mol. The lowest BCUT2D eigenvalue weighted by Crippen LogP contribution is -2.51. The highest BCUT2D eigenvalue weighted by molar-refractivity contribution is 9.10. The van der Waals surface area contributed by atoms with Crippen LogP contribution in [-0.2, 0) is 22.6 Å². The molecule has 1 N–H and O–H groups in total. The maximum atomic E-state index is 13.6. The Kier molecular flexibility index (Phi) is 10.5. The van der Waals surface area contributed by atoms with Crippen LogP contribution in [0.3, 0.4) is 0 Å². The number of thioether (sulfide) groups is 1. The van der Waals surface area contributed by atoms with Crippen molar-refractivity contribution in [2.75, 3.05) is 12.3 Å². The lowest BCUT2D eigenvalue weighted by Gasteiger charge is -2.31. The number of benzene rings is 3. The molecule has 3 aromatic carbocycles. The zero-order chi connectivity index (χ0) is 24.3. The summed E-state index contributed by atoms with van der Waals surface area (Å²) in [5, 5.41) is 3.66. The second-order valence-corrected chi connectivity index (χ2v) is 10.3. The number of carbonyl (C=O) groups is 2. The number of carbonyl (C=O) groups excluding carboxylic acids is 2. The molecule has 0 spiro atoms. The van der Waals surface area contributed by atoms with E-state index in [0.29, 0.717) is 24.5 Å². The number of amides is 2. The van der Waals surface area contributed by atoms with Gasteiger partial charge in [0, 0.05) is 33.9 Å². The van der Waals surface area contributed by atoms with Crippen LogP contribution in [0.5, 0.6) is 0 Å². The number of halogens is 2. The summed E-state index contributed by atoms with van der Waals surface area (Å²) in [5.41, 5.74) is 1.98. The molecular formula is C27H28BrClN2O2S. The highest BCUT2D eigenvalue weighted by Gasteiger charge is 2.30. The van der Waals surface area contributed by atoms with Gasteiger partial charge in [0.15, 0.2) is 0 Å². The predicted octanol–water partition coefficient (Wildman–Crippen LogP) is 6.36. The van der Waals surface area contributed by atoms with Gasteiger partial charge in [-0.1, -0.05) is 76.9 Å². The molecule has 3 aromatic rings. The fourth-order valence-electron chi connectivity index (χ4n) is 3.47. The summed E-state index contributed by atoms with van der Waals surface area (Å²) in [6.07, 6.45) is 1.28. The summed E-state index contributed by atoms with van der Waals surface area (Å²) in [6, 6.07) is 24.5. The van der Waals surface area contributed by atoms with E-state index in [4.69, 9.17) is 11.6 Å². The molecule has 34 heavy (non-hydrogen) atoms. The highest BCUT2D eigenvalue weighted by atomic mass is 79.9. The third-order valence-corrected chi connectivity index (χ3v) is 7.04. The number of nitrogens with zero attached hydrogens (tertiary/aromatic N) is 1. The van der Waals surface area contributed by atoms with Gasteiger partial charge in [-0.25, -0.2) is 0 Å². The maximum Gasteiger partial charge on any atom is 0.243 e. The second kappa shape index (κ2) is 13.6. The quantitative estimate of drug-likeness (QED) is 0.278. The van der Waals surface area contributed by atoms with Crippen molar-refractivity contribution in [1.82, 2.24) is 10.2 Å². The van der Waals surface area contributed by atoms with E-state index in [0.717, 1.165) is 26.9 Å². The fourth-order valence-corrected chi connectivity index (χ4v) is 4.64. The minimum absolute atomic E-state index is 0.0875. The number of rotatable bonds is 11. The van der Waals surface area contributed by atoms with Crippen LogP contribution in [0.25, 0.3) is 0 Å². The van der Waals surface area contributed by atoms with Crippen molar-refractivity contribution < 1.29 is 9.59 Å². The number of nitrogens with one attached hydrogen (secondary N) is 1. The average Bonchev–Trinajstić information content (AvgIpc) is 2.86. The van der Waals surface area contributed by atoms with Gasteiger partial charge in [0.05, 0.1) is 5.75 Å². The van der Waals surface area contributed by atoms with E-state index in [9.17, 15) is 9.59 Å². The molecule has 0 saturated heterocycles. The van der Waals surface area contributed by atoms with Gasteiger partial charge in [0.1, 0.15) is 6.04 Å². The third-order valence-electron chi connectivity index (χ3n) is 5.26. The first-order chi connectivity index (χ1) is 16.5. The molecule has 3 rings (SSSR count). The van der Waals surface area contributed by atoms with Crippen molar-refractivity contribution in [3.8, 4) is 0 Å². The van der Waals surface area contributed by atoms with Gasteiger partial charge in [-0.2, -0.15) is 0 Å². The van der Waals surface area contributed by atoms with Gasteiger partial charge >= 0.3 is 0 Å². The van der Waals surface area contributed by atoms with E-state index < -0.39 is 6.04 Å². The van der Waals surface area contributed by atoms with E-state index in [1.54, 1.807) is 4.90 Å². The molecule has 0 fully saturated rings. The summed E-state index contributed by atoms with van der Waals surface area (Å²) in [5.74, 6) is 0.00735. The van der Waals surface area contributed by atoms with E-state index in [1.165, 1.54) is 11.8 Å². The molecule has 4 nitrogen and oxygen atoms in total. The van der Waals surface area contributed by atoms with Crippen LogP contribution >= 0.6 is 39.3 Å². The third kappa shape index (κ3) is 8.19. The summed E-state index contributed by atoms with van der Waals surface area (Å²) >= 11 is 10.9. The van der Waals surface area contributed by atoms with Crippen LogP contribution in [0.15, 0.2) is 88.2 Å². The first-order valence-electron chi connectivity index (χ1n) is 11.2. The maximum absolute atomic E-state index is 13.6. The van der Waals surface area contributed by atoms with Crippen LogP contribution in [0.2, 0.25) is 5.02 Å².